The molecule has 2 aromatic heterocycles. The van der Waals surface area contributed by atoms with E-state index in [0.717, 1.165) is 25.4 Å². The number of halogens is 1. The molecule has 29 heavy (non-hydrogen) atoms. The highest BCUT2D eigenvalue weighted by atomic mass is 79.9. The molecule has 4 aromatic rings. The Labute approximate surface area is 184 Å². The van der Waals surface area contributed by atoms with Gasteiger partial charge in [-0.25, -0.2) is 4.98 Å². The largest absolute Gasteiger partial charge is 0.293 e. The van der Waals surface area contributed by atoms with Crippen LogP contribution in [0.15, 0.2) is 69.0 Å². The van der Waals surface area contributed by atoms with Gasteiger partial charge in [0.25, 0.3) is 5.56 Å². The number of rotatable bonds is 5. The quantitative estimate of drug-likeness (QED) is 0.204. The third kappa shape index (κ3) is 3.95. The summed E-state index contributed by atoms with van der Waals surface area (Å²) in [5.74, 6) is 0.199. The second-order valence-corrected chi connectivity index (χ2v) is 9.61. The van der Waals surface area contributed by atoms with E-state index in [4.69, 9.17) is 4.98 Å². The maximum absolute atomic E-state index is 13.4. The summed E-state index contributed by atoms with van der Waals surface area (Å²) in [7, 11) is 0. The van der Waals surface area contributed by atoms with Crippen LogP contribution in [0.4, 0.5) is 0 Å². The van der Waals surface area contributed by atoms with Gasteiger partial charge in [-0.05, 0) is 43.7 Å². The van der Waals surface area contributed by atoms with Gasteiger partial charge in [-0.1, -0.05) is 58.0 Å². The van der Waals surface area contributed by atoms with Crippen LogP contribution in [0.1, 0.15) is 20.8 Å². The molecular weight excluding hydrogens is 468 g/mol. The van der Waals surface area contributed by atoms with E-state index in [1.54, 1.807) is 16.7 Å². The fourth-order valence-corrected chi connectivity index (χ4v) is 5.27. The second-order valence-electron chi connectivity index (χ2n) is 6.55. The van der Waals surface area contributed by atoms with Gasteiger partial charge in [-0.3, -0.25) is 14.2 Å². The number of benzene rings is 2. The zero-order valence-corrected chi connectivity index (χ0v) is 19.0. The molecule has 0 spiro atoms. The van der Waals surface area contributed by atoms with Crippen molar-refractivity contribution < 1.29 is 4.79 Å². The predicted octanol–water partition coefficient (Wildman–Crippen LogP) is 5.80. The van der Waals surface area contributed by atoms with Crippen molar-refractivity contribution in [2.24, 2.45) is 0 Å². The van der Waals surface area contributed by atoms with Crippen molar-refractivity contribution in [3.05, 3.63) is 85.4 Å². The third-order valence-electron chi connectivity index (χ3n) is 4.69. The molecular formula is C22H17BrN2O2S2. The summed E-state index contributed by atoms with van der Waals surface area (Å²) in [5.41, 5.74) is 2.25. The number of hydrogen-bond acceptors (Lipinski definition) is 5. The van der Waals surface area contributed by atoms with Crippen LogP contribution in [0.25, 0.3) is 15.9 Å². The van der Waals surface area contributed by atoms with E-state index in [1.807, 2.05) is 56.3 Å². The molecule has 4 rings (SSSR count). The Balaban J connectivity index is 1.77. The minimum Gasteiger partial charge on any atom is -0.293 e. The molecule has 0 N–H and O–H groups in total. The van der Waals surface area contributed by atoms with Crippen molar-refractivity contribution in [2.45, 2.75) is 19.0 Å². The van der Waals surface area contributed by atoms with Crippen LogP contribution in [-0.4, -0.2) is 21.1 Å². The van der Waals surface area contributed by atoms with E-state index in [1.165, 1.54) is 23.1 Å². The summed E-state index contributed by atoms with van der Waals surface area (Å²) < 4.78 is 2.54. The molecule has 0 fully saturated rings. The lowest BCUT2D eigenvalue weighted by molar-refractivity contribution is 0.102. The molecule has 0 atom stereocenters. The predicted molar refractivity (Wildman–Crippen MR) is 124 cm³/mol. The van der Waals surface area contributed by atoms with Gasteiger partial charge in [0.1, 0.15) is 4.83 Å². The number of carbonyl (C=O) groups excluding carboxylic acids is 1. The first-order valence-corrected chi connectivity index (χ1v) is 11.5. The zero-order valence-electron chi connectivity index (χ0n) is 15.8. The lowest BCUT2D eigenvalue weighted by Crippen LogP contribution is -2.22. The van der Waals surface area contributed by atoms with Crippen LogP contribution in [0.5, 0.6) is 0 Å². The number of nitrogens with zero attached hydrogens (tertiary/aromatic N) is 2. The molecule has 0 aliphatic heterocycles. The van der Waals surface area contributed by atoms with Crippen LogP contribution in [0, 0.1) is 13.8 Å². The van der Waals surface area contributed by atoms with Gasteiger partial charge in [-0.15, -0.1) is 11.3 Å². The van der Waals surface area contributed by atoms with Crippen molar-refractivity contribution >= 4 is 55.0 Å². The Morgan fingerprint density at radius 2 is 1.79 bits per heavy atom. The van der Waals surface area contributed by atoms with Crippen LogP contribution >= 0.6 is 39.0 Å². The summed E-state index contributed by atoms with van der Waals surface area (Å²) in [5, 5.41) is 1.18. The minimum atomic E-state index is -0.0957. The maximum Gasteiger partial charge on any atom is 0.267 e. The molecule has 2 heterocycles. The number of fused-ring (bicyclic) bond motifs is 1. The van der Waals surface area contributed by atoms with E-state index in [0.29, 0.717) is 16.1 Å². The van der Waals surface area contributed by atoms with Crippen molar-refractivity contribution in [2.75, 3.05) is 5.75 Å². The standard InChI is InChI=1S/C22H17BrN2O2S2/c1-13-14(2)29-20-19(13)21(27)25(17-6-4-3-5-7-17)22(24-20)28-12-18(26)15-8-10-16(23)11-9-15/h3-11H,12H2,1-2H3. The average molecular weight is 485 g/mol. The van der Waals surface area contributed by atoms with Gasteiger partial charge in [0.15, 0.2) is 10.9 Å². The number of thiophene rings is 1. The van der Waals surface area contributed by atoms with Crippen LogP contribution in [0.3, 0.4) is 0 Å². The molecule has 0 amide bonds. The molecule has 4 nitrogen and oxygen atoms in total. The van der Waals surface area contributed by atoms with Gasteiger partial charge in [0, 0.05) is 14.9 Å². The highest BCUT2D eigenvalue weighted by Gasteiger charge is 2.19. The number of thioether (sulfide) groups is 1. The Morgan fingerprint density at radius 3 is 2.48 bits per heavy atom. The highest BCUT2D eigenvalue weighted by Crippen LogP contribution is 2.29. The van der Waals surface area contributed by atoms with Crippen molar-refractivity contribution in [1.29, 1.82) is 0 Å². The first-order chi connectivity index (χ1) is 14.0. The van der Waals surface area contributed by atoms with Crippen LogP contribution in [0.2, 0.25) is 0 Å². The first kappa shape index (κ1) is 20.1. The Bertz CT molecular complexity index is 1260. The molecule has 0 bridgehead atoms. The number of hydrogen-bond donors (Lipinski definition) is 0. The zero-order chi connectivity index (χ0) is 20.5. The Morgan fingerprint density at radius 1 is 1.10 bits per heavy atom. The molecule has 0 aliphatic rings. The van der Waals surface area contributed by atoms with Gasteiger partial charge < -0.3 is 0 Å². The molecule has 2 aromatic carbocycles. The van der Waals surface area contributed by atoms with Crippen LogP contribution in [-0.2, 0) is 0 Å². The summed E-state index contributed by atoms with van der Waals surface area (Å²) in [6.07, 6.45) is 0. The highest BCUT2D eigenvalue weighted by molar-refractivity contribution is 9.10. The fraction of sp³-hybridized carbons (Fsp3) is 0.136. The smallest absolute Gasteiger partial charge is 0.267 e. The van der Waals surface area contributed by atoms with Gasteiger partial charge in [0.05, 0.1) is 16.8 Å². The lowest BCUT2D eigenvalue weighted by atomic mass is 10.2. The number of para-hydroxylation sites is 1. The summed E-state index contributed by atoms with van der Waals surface area (Å²) in [4.78, 5) is 32.6. The minimum absolute atomic E-state index is 0.00463. The lowest BCUT2D eigenvalue weighted by Gasteiger charge is -2.12. The Hall–Kier alpha value is -2.22. The summed E-state index contributed by atoms with van der Waals surface area (Å²) in [6, 6.07) is 16.7. The normalized spacial score (nSPS) is 11.1. The number of aryl methyl sites for hydroxylation is 2. The summed E-state index contributed by atoms with van der Waals surface area (Å²) in [6.45, 7) is 3.95. The molecule has 0 saturated heterocycles. The Kier molecular flexibility index (Phi) is 5.72. The molecule has 0 radical (unpaired) electrons. The van der Waals surface area contributed by atoms with E-state index >= 15 is 0 Å². The average Bonchev–Trinajstić information content (AvgIpc) is 3.01. The number of aromatic nitrogens is 2. The van der Waals surface area contributed by atoms with E-state index < -0.39 is 0 Å². The van der Waals surface area contributed by atoms with E-state index in [2.05, 4.69) is 15.9 Å². The molecule has 0 saturated carbocycles. The molecule has 0 unspecified atom stereocenters. The number of Topliss-reactive ketones (excluding diaryl/α,β-unsaturated/α-hetero) is 1. The van der Waals surface area contributed by atoms with Crippen molar-refractivity contribution in [1.82, 2.24) is 9.55 Å². The second kappa shape index (κ2) is 8.26. The maximum atomic E-state index is 13.4. The molecule has 0 aliphatic carbocycles. The van der Waals surface area contributed by atoms with Gasteiger partial charge >= 0.3 is 0 Å². The molecule has 7 heteroatoms. The van der Waals surface area contributed by atoms with Gasteiger partial charge in [-0.2, -0.15) is 0 Å². The monoisotopic (exact) mass is 484 g/mol. The van der Waals surface area contributed by atoms with E-state index in [-0.39, 0.29) is 17.1 Å². The van der Waals surface area contributed by atoms with Crippen LogP contribution < -0.4 is 5.56 Å². The SMILES string of the molecule is Cc1sc2nc(SCC(=O)c3ccc(Br)cc3)n(-c3ccccc3)c(=O)c2c1C. The first-order valence-electron chi connectivity index (χ1n) is 8.95. The number of ketones is 1. The summed E-state index contributed by atoms with van der Waals surface area (Å²) >= 11 is 6.19. The van der Waals surface area contributed by atoms with Gasteiger partial charge in [0.2, 0.25) is 0 Å². The van der Waals surface area contributed by atoms with E-state index in [9.17, 15) is 9.59 Å². The van der Waals surface area contributed by atoms with Crippen molar-refractivity contribution in [3.8, 4) is 5.69 Å². The molecule has 146 valence electrons. The van der Waals surface area contributed by atoms with Crippen molar-refractivity contribution in [3.63, 3.8) is 0 Å². The third-order valence-corrected chi connectivity index (χ3v) is 7.25. The topological polar surface area (TPSA) is 52.0 Å². The number of carbonyl (C=O) groups is 1. The fourth-order valence-electron chi connectivity index (χ4n) is 3.03.